The predicted octanol–water partition coefficient (Wildman–Crippen LogP) is 4.15. The maximum Gasteiger partial charge on any atom is 0.324 e. The van der Waals surface area contributed by atoms with Crippen LogP contribution >= 0.6 is 11.6 Å². The van der Waals surface area contributed by atoms with Crippen LogP contribution in [0.4, 0.5) is 10.7 Å². The average Bonchev–Trinajstić information content (AvgIpc) is 3.43. The zero-order valence-electron chi connectivity index (χ0n) is 18.4. The van der Waals surface area contributed by atoms with Crippen LogP contribution in [0.3, 0.4) is 0 Å². The number of nitrogens with one attached hydrogen (secondary N) is 2. The van der Waals surface area contributed by atoms with Crippen LogP contribution in [0.1, 0.15) is 11.1 Å². The summed E-state index contributed by atoms with van der Waals surface area (Å²) >= 11 is 6.23. The van der Waals surface area contributed by atoms with Gasteiger partial charge in [0.1, 0.15) is 6.04 Å². The lowest BCUT2D eigenvalue weighted by atomic mass is 10.1. The van der Waals surface area contributed by atoms with Crippen LogP contribution in [0.5, 0.6) is 0 Å². The molecule has 3 aromatic carbocycles. The van der Waals surface area contributed by atoms with E-state index in [1.54, 1.807) is 11.0 Å². The van der Waals surface area contributed by atoms with Gasteiger partial charge in [0.05, 0.1) is 11.0 Å². The fourth-order valence-electron chi connectivity index (χ4n) is 4.22. The van der Waals surface area contributed by atoms with Gasteiger partial charge < -0.3 is 15.2 Å². The zero-order valence-corrected chi connectivity index (χ0v) is 19.2. The average molecular weight is 474 g/mol. The van der Waals surface area contributed by atoms with Crippen LogP contribution in [-0.4, -0.2) is 34.1 Å². The van der Waals surface area contributed by atoms with E-state index in [-0.39, 0.29) is 18.5 Å². The second-order valence-electron chi connectivity index (χ2n) is 8.20. The van der Waals surface area contributed by atoms with E-state index in [1.165, 1.54) is 0 Å². The lowest BCUT2D eigenvalue weighted by Gasteiger charge is -2.22. The summed E-state index contributed by atoms with van der Waals surface area (Å²) in [5, 5.41) is 6.44. The summed E-state index contributed by atoms with van der Waals surface area (Å²) in [7, 11) is 0. The Morgan fingerprint density at radius 2 is 1.68 bits per heavy atom. The molecule has 1 aromatic heterocycles. The van der Waals surface area contributed by atoms with Gasteiger partial charge in [-0.15, -0.1) is 0 Å². The molecular weight excluding hydrogens is 450 g/mol. The summed E-state index contributed by atoms with van der Waals surface area (Å²) in [5.74, 6) is 0.318. The van der Waals surface area contributed by atoms with Gasteiger partial charge in [0.15, 0.2) is 0 Å². The second-order valence-corrected chi connectivity index (χ2v) is 8.61. The first kappa shape index (κ1) is 22.0. The minimum absolute atomic E-state index is 0.273. The highest BCUT2D eigenvalue weighted by Gasteiger charge is 2.31. The van der Waals surface area contributed by atoms with Gasteiger partial charge in [-0.2, -0.15) is 0 Å². The molecule has 0 saturated carbocycles. The third-order valence-electron chi connectivity index (χ3n) is 5.98. The lowest BCUT2D eigenvalue weighted by molar-refractivity contribution is -0.123. The van der Waals surface area contributed by atoms with Crippen LogP contribution in [0, 0.1) is 0 Å². The number of carbonyl (C=O) groups is 2. The summed E-state index contributed by atoms with van der Waals surface area (Å²) < 4.78 is 2.03. The standard InChI is InChI=1S/C26H24ClN5O2/c27-20-11-5-4-10-19(20)17-28-24(33)22(16-18-8-2-1-3-9-18)30-26(34)32-15-14-31-23-13-7-6-12-21(23)29-25(31)32/h1-13,22H,14-17H2,(H,28,33)(H,30,34)/t22-/m0/s1. The molecule has 1 aliphatic rings. The van der Waals surface area contributed by atoms with Crippen LogP contribution in [0.2, 0.25) is 5.02 Å². The van der Waals surface area contributed by atoms with Crippen LogP contribution in [0.25, 0.3) is 11.0 Å². The molecule has 34 heavy (non-hydrogen) atoms. The van der Waals surface area contributed by atoms with Gasteiger partial charge in [0, 0.05) is 31.1 Å². The number of imidazole rings is 1. The number of hydrogen-bond acceptors (Lipinski definition) is 3. The van der Waals surface area contributed by atoms with E-state index < -0.39 is 6.04 Å². The Labute approximate surface area is 202 Å². The molecule has 0 fully saturated rings. The van der Waals surface area contributed by atoms with E-state index in [0.717, 1.165) is 22.2 Å². The number of aromatic nitrogens is 2. The number of para-hydroxylation sites is 2. The van der Waals surface area contributed by atoms with Crippen molar-refractivity contribution in [2.24, 2.45) is 0 Å². The van der Waals surface area contributed by atoms with Crippen LogP contribution in [0.15, 0.2) is 78.9 Å². The first-order valence-corrected chi connectivity index (χ1v) is 11.6. The van der Waals surface area contributed by atoms with E-state index in [2.05, 4.69) is 15.6 Å². The number of hydrogen-bond donors (Lipinski definition) is 2. The zero-order chi connectivity index (χ0) is 23.5. The number of nitrogens with zero attached hydrogens (tertiary/aromatic N) is 3. The summed E-state index contributed by atoms with van der Waals surface area (Å²) in [4.78, 5) is 32.7. The third kappa shape index (κ3) is 4.47. The minimum atomic E-state index is -0.754. The summed E-state index contributed by atoms with van der Waals surface area (Å²) in [5.41, 5.74) is 3.60. The molecule has 3 amide bonds. The largest absolute Gasteiger partial charge is 0.350 e. The number of urea groups is 1. The Balaban J connectivity index is 1.34. The number of rotatable bonds is 6. The third-order valence-corrected chi connectivity index (χ3v) is 6.34. The van der Waals surface area contributed by atoms with Crippen molar-refractivity contribution in [2.45, 2.75) is 25.6 Å². The topological polar surface area (TPSA) is 79.3 Å². The van der Waals surface area contributed by atoms with Gasteiger partial charge in [-0.05, 0) is 29.3 Å². The quantitative estimate of drug-likeness (QED) is 0.441. The Hall–Kier alpha value is -3.84. The first-order valence-electron chi connectivity index (χ1n) is 11.2. The van der Waals surface area contributed by atoms with Gasteiger partial charge in [-0.3, -0.25) is 9.69 Å². The maximum absolute atomic E-state index is 13.3. The van der Waals surface area contributed by atoms with Crippen LogP contribution < -0.4 is 15.5 Å². The van der Waals surface area contributed by atoms with Gasteiger partial charge in [0.2, 0.25) is 11.9 Å². The highest BCUT2D eigenvalue weighted by molar-refractivity contribution is 6.31. The normalized spacial score (nSPS) is 13.5. The Morgan fingerprint density at radius 1 is 0.941 bits per heavy atom. The van der Waals surface area contributed by atoms with Gasteiger partial charge in [0.25, 0.3) is 0 Å². The fraction of sp³-hybridized carbons (Fsp3) is 0.192. The van der Waals surface area contributed by atoms with Gasteiger partial charge in [-0.25, -0.2) is 9.78 Å². The fourth-order valence-corrected chi connectivity index (χ4v) is 4.42. The highest BCUT2D eigenvalue weighted by Crippen LogP contribution is 2.27. The Kier molecular flexibility index (Phi) is 6.18. The highest BCUT2D eigenvalue weighted by atomic mass is 35.5. The van der Waals surface area contributed by atoms with Gasteiger partial charge in [-0.1, -0.05) is 72.3 Å². The SMILES string of the molecule is O=C(NCc1ccccc1Cl)[C@H](Cc1ccccc1)NC(=O)N1CCn2c1nc1ccccc12. The summed E-state index contributed by atoms with van der Waals surface area (Å²) in [6, 6.07) is 23.7. The van der Waals surface area contributed by atoms with E-state index in [1.807, 2.05) is 77.4 Å². The molecule has 1 atom stereocenters. The molecule has 0 saturated heterocycles. The lowest BCUT2D eigenvalue weighted by Crippen LogP contribution is -2.52. The first-order chi connectivity index (χ1) is 16.6. The molecule has 1 aliphatic heterocycles. The monoisotopic (exact) mass is 473 g/mol. The Bertz CT molecular complexity index is 1340. The molecule has 7 nitrogen and oxygen atoms in total. The maximum atomic E-state index is 13.3. The minimum Gasteiger partial charge on any atom is -0.350 e. The number of halogens is 1. The summed E-state index contributed by atoms with van der Waals surface area (Å²) in [6.45, 7) is 1.43. The van der Waals surface area contributed by atoms with E-state index in [4.69, 9.17) is 11.6 Å². The molecule has 2 N–H and O–H groups in total. The Morgan fingerprint density at radius 3 is 2.50 bits per heavy atom. The molecule has 0 radical (unpaired) electrons. The molecule has 172 valence electrons. The van der Waals surface area contributed by atoms with Gasteiger partial charge >= 0.3 is 6.03 Å². The van der Waals surface area contributed by atoms with Crippen molar-refractivity contribution in [3.63, 3.8) is 0 Å². The number of carbonyl (C=O) groups excluding carboxylic acids is 2. The molecule has 0 unspecified atom stereocenters. The van der Waals surface area contributed by atoms with E-state index in [9.17, 15) is 9.59 Å². The molecule has 4 aromatic rings. The number of amides is 3. The molecular formula is C26H24ClN5O2. The van der Waals surface area contributed by atoms with Crippen LogP contribution in [-0.2, 0) is 24.3 Å². The predicted molar refractivity (Wildman–Crippen MR) is 133 cm³/mol. The molecule has 2 heterocycles. The number of anilines is 1. The molecule has 0 aliphatic carbocycles. The van der Waals surface area contributed by atoms with Crippen molar-refractivity contribution < 1.29 is 9.59 Å². The van der Waals surface area contributed by atoms with Crippen molar-refractivity contribution in [3.05, 3.63) is 95.0 Å². The summed E-state index contributed by atoms with van der Waals surface area (Å²) in [6.07, 6.45) is 0.366. The van der Waals surface area contributed by atoms with E-state index >= 15 is 0 Å². The van der Waals surface area contributed by atoms with Crippen molar-refractivity contribution in [3.8, 4) is 0 Å². The number of benzene rings is 3. The van der Waals surface area contributed by atoms with Crippen molar-refractivity contribution in [2.75, 3.05) is 11.4 Å². The smallest absolute Gasteiger partial charge is 0.324 e. The van der Waals surface area contributed by atoms with Crippen molar-refractivity contribution >= 4 is 40.5 Å². The molecule has 5 rings (SSSR count). The second kappa shape index (κ2) is 9.57. The van der Waals surface area contributed by atoms with E-state index in [0.29, 0.717) is 30.5 Å². The number of fused-ring (bicyclic) bond motifs is 3. The van der Waals surface area contributed by atoms with Crippen molar-refractivity contribution in [1.29, 1.82) is 0 Å². The molecule has 8 heteroatoms. The molecule has 0 bridgehead atoms. The van der Waals surface area contributed by atoms with Crippen molar-refractivity contribution in [1.82, 2.24) is 20.2 Å². The molecule has 0 spiro atoms.